The molecule has 1 aliphatic heterocycles. The Morgan fingerprint density at radius 2 is 2.07 bits per heavy atom. The Balaban J connectivity index is 1.93. The highest BCUT2D eigenvalue weighted by Crippen LogP contribution is 2.42. The predicted octanol–water partition coefficient (Wildman–Crippen LogP) is 2.83. The Labute approximate surface area is 155 Å². The van der Waals surface area contributed by atoms with Gasteiger partial charge in [0.2, 0.25) is 11.9 Å². The summed E-state index contributed by atoms with van der Waals surface area (Å²) in [5.74, 6) is -1.10. The molecule has 0 bridgehead atoms. The summed E-state index contributed by atoms with van der Waals surface area (Å²) in [5.41, 5.74) is -1.70. The zero-order valence-corrected chi connectivity index (χ0v) is 15.2. The van der Waals surface area contributed by atoms with Crippen molar-refractivity contribution in [3.63, 3.8) is 0 Å². The number of hydrogen-bond acceptors (Lipinski definition) is 7. The fourth-order valence-corrected chi connectivity index (χ4v) is 3.55. The van der Waals surface area contributed by atoms with E-state index in [2.05, 4.69) is 25.6 Å². The zero-order chi connectivity index (χ0) is 19.8. The molecule has 0 aliphatic carbocycles. The van der Waals surface area contributed by atoms with Crippen LogP contribution in [0.25, 0.3) is 10.6 Å². The number of rotatable bonds is 4. The standard InChI is InChI=1S/C15H16F4N6OS/c1-20-14-24-12(15(17,18)19)11(27-14)10-8(16)6-21-13(23-10)22-7-3-4-25(2)9(26)5-7/h6-7H,3-5H2,1-2H3,(H,20,24)(H,21,22,23). The molecule has 1 unspecified atom stereocenters. The van der Waals surface area contributed by atoms with Crippen molar-refractivity contribution < 1.29 is 22.4 Å². The van der Waals surface area contributed by atoms with E-state index in [9.17, 15) is 22.4 Å². The summed E-state index contributed by atoms with van der Waals surface area (Å²) >= 11 is 0.648. The van der Waals surface area contributed by atoms with Crippen LogP contribution < -0.4 is 10.6 Å². The summed E-state index contributed by atoms with van der Waals surface area (Å²) in [6.07, 6.45) is -3.13. The number of amides is 1. The first-order chi connectivity index (χ1) is 12.7. The molecule has 2 aromatic heterocycles. The third-order valence-corrected chi connectivity index (χ3v) is 5.14. The smallest absolute Gasteiger partial charge is 0.365 e. The SMILES string of the molecule is CNc1nc(C(F)(F)F)c(-c2nc(NC3CCN(C)C(=O)C3)ncc2F)s1. The first-order valence-corrected chi connectivity index (χ1v) is 8.80. The minimum absolute atomic E-state index is 0.00855. The van der Waals surface area contributed by atoms with Gasteiger partial charge in [-0.2, -0.15) is 13.2 Å². The molecule has 1 amide bonds. The van der Waals surface area contributed by atoms with E-state index in [0.717, 1.165) is 6.20 Å². The Morgan fingerprint density at radius 3 is 2.70 bits per heavy atom. The Hall–Kier alpha value is -2.50. The molecule has 7 nitrogen and oxygen atoms in total. The largest absolute Gasteiger partial charge is 0.434 e. The van der Waals surface area contributed by atoms with Gasteiger partial charge in [0.15, 0.2) is 16.6 Å². The third-order valence-electron chi connectivity index (χ3n) is 4.06. The fraction of sp³-hybridized carbons (Fsp3) is 0.467. The van der Waals surface area contributed by atoms with E-state index in [1.807, 2.05) is 0 Å². The second-order valence-electron chi connectivity index (χ2n) is 5.98. The monoisotopic (exact) mass is 404 g/mol. The highest BCUT2D eigenvalue weighted by molar-refractivity contribution is 7.19. The van der Waals surface area contributed by atoms with Crippen molar-refractivity contribution in [2.45, 2.75) is 25.1 Å². The van der Waals surface area contributed by atoms with Gasteiger partial charge in [-0.3, -0.25) is 4.79 Å². The fourth-order valence-electron chi connectivity index (χ4n) is 2.62. The molecule has 0 saturated carbocycles. The number of nitrogens with one attached hydrogen (secondary N) is 2. The number of alkyl halides is 3. The lowest BCUT2D eigenvalue weighted by Gasteiger charge is -2.29. The van der Waals surface area contributed by atoms with Crippen LogP contribution in [0.1, 0.15) is 18.5 Å². The van der Waals surface area contributed by atoms with Crippen molar-refractivity contribution in [2.75, 3.05) is 31.3 Å². The van der Waals surface area contributed by atoms with Crippen molar-refractivity contribution in [1.29, 1.82) is 0 Å². The van der Waals surface area contributed by atoms with Gasteiger partial charge in [-0.1, -0.05) is 11.3 Å². The number of thiazole rings is 1. The lowest BCUT2D eigenvalue weighted by molar-refractivity contribution is -0.140. The van der Waals surface area contributed by atoms with Crippen LogP contribution in [0.4, 0.5) is 28.6 Å². The van der Waals surface area contributed by atoms with Crippen LogP contribution >= 0.6 is 11.3 Å². The Bertz CT molecular complexity index is 855. The number of carbonyl (C=O) groups excluding carboxylic acids is 1. The average Bonchev–Trinajstić information content (AvgIpc) is 3.04. The molecule has 0 spiro atoms. The lowest BCUT2D eigenvalue weighted by Crippen LogP contribution is -2.41. The maximum atomic E-state index is 14.2. The van der Waals surface area contributed by atoms with Gasteiger partial charge in [-0.05, 0) is 6.42 Å². The van der Waals surface area contributed by atoms with Crippen LogP contribution in [0.2, 0.25) is 0 Å². The molecule has 0 aromatic carbocycles. The number of aromatic nitrogens is 3. The van der Waals surface area contributed by atoms with Crippen LogP contribution in [-0.4, -0.2) is 52.4 Å². The third kappa shape index (κ3) is 4.10. The molecular weight excluding hydrogens is 388 g/mol. The minimum atomic E-state index is -4.76. The van der Waals surface area contributed by atoms with Gasteiger partial charge >= 0.3 is 6.18 Å². The van der Waals surface area contributed by atoms with Gasteiger partial charge in [-0.15, -0.1) is 0 Å². The van der Waals surface area contributed by atoms with E-state index in [-0.39, 0.29) is 29.4 Å². The van der Waals surface area contributed by atoms with Crippen LogP contribution in [-0.2, 0) is 11.0 Å². The Kier molecular flexibility index (Phi) is 5.18. The van der Waals surface area contributed by atoms with E-state index in [0.29, 0.717) is 24.3 Å². The van der Waals surface area contributed by atoms with Crippen LogP contribution in [0, 0.1) is 5.82 Å². The molecule has 3 heterocycles. The van der Waals surface area contributed by atoms with E-state index < -0.39 is 28.3 Å². The highest BCUT2D eigenvalue weighted by Gasteiger charge is 2.39. The number of carbonyl (C=O) groups is 1. The summed E-state index contributed by atoms with van der Waals surface area (Å²) in [4.78, 5) is 24.1. The molecule has 1 atom stereocenters. The van der Waals surface area contributed by atoms with Crippen molar-refractivity contribution in [3.8, 4) is 10.6 Å². The molecule has 1 fully saturated rings. The van der Waals surface area contributed by atoms with Gasteiger partial charge in [0.05, 0.1) is 11.1 Å². The molecule has 2 aromatic rings. The maximum Gasteiger partial charge on any atom is 0.434 e. The number of halogens is 4. The zero-order valence-electron chi connectivity index (χ0n) is 14.4. The second-order valence-corrected chi connectivity index (χ2v) is 6.98. The summed E-state index contributed by atoms with van der Waals surface area (Å²) in [5, 5.41) is 5.41. The number of likely N-dealkylation sites (tertiary alicyclic amines) is 1. The first-order valence-electron chi connectivity index (χ1n) is 7.98. The average molecular weight is 404 g/mol. The van der Waals surface area contributed by atoms with E-state index in [4.69, 9.17) is 0 Å². The molecular formula is C15H16F4N6OS. The van der Waals surface area contributed by atoms with Crippen molar-refractivity contribution in [3.05, 3.63) is 17.7 Å². The van der Waals surface area contributed by atoms with E-state index >= 15 is 0 Å². The molecule has 12 heteroatoms. The minimum Gasteiger partial charge on any atom is -0.365 e. The molecule has 27 heavy (non-hydrogen) atoms. The highest BCUT2D eigenvalue weighted by atomic mass is 32.1. The molecule has 146 valence electrons. The van der Waals surface area contributed by atoms with Gasteiger partial charge in [0, 0.05) is 33.1 Å². The van der Waals surface area contributed by atoms with Crippen molar-refractivity contribution in [1.82, 2.24) is 19.9 Å². The maximum absolute atomic E-state index is 14.2. The topological polar surface area (TPSA) is 83.0 Å². The molecule has 3 rings (SSSR count). The first kappa shape index (κ1) is 19.3. The number of anilines is 2. The van der Waals surface area contributed by atoms with E-state index in [1.165, 1.54) is 7.05 Å². The number of piperidine rings is 1. The Morgan fingerprint density at radius 1 is 1.33 bits per heavy atom. The van der Waals surface area contributed by atoms with Gasteiger partial charge in [0.25, 0.3) is 0 Å². The van der Waals surface area contributed by atoms with Gasteiger partial charge in [-0.25, -0.2) is 19.3 Å². The summed E-state index contributed by atoms with van der Waals surface area (Å²) in [7, 11) is 3.11. The molecule has 1 aliphatic rings. The predicted molar refractivity (Wildman–Crippen MR) is 91.9 cm³/mol. The second kappa shape index (κ2) is 7.25. The van der Waals surface area contributed by atoms with Gasteiger partial charge in [0.1, 0.15) is 5.69 Å². The van der Waals surface area contributed by atoms with E-state index in [1.54, 1.807) is 11.9 Å². The summed E-state index contributed by atoms with van der Waals surface area (Å²) in [6.45, 7) is 0.531. The number of hydrogen-bond donors (Lipinski definition) is 2. The molecule has 1 saturated heterocycles. The quantitative estimate of drug-likeness (QED) is 0.763. The molecule has 2 N–H and O–H groups in total. The van der Waals surface area contributed by atoms with Crippen molar-refractivity contribution in [2.24, 2.45) is 0 Å². The van der Waals surface area contributed by atoms with Crippen LogP contribution in [0.3, 0.4) is 0 Å². The van der Waals surface area contributed by atoms with Crippen LogP contribution in [0.15, 0.2) is 6.20 Å². The molecule has 0 radical (unpaired) electrons. The lowest BCUT2D eigenvalue weighted by atomic mass is 10.1. The van der Waals surface area contributed by atoms with Crippen LogP contribution in [0.5, 0.6) is 0 Å². The van der Waals surface area contributed by atoms with Gasteiger partial charge < -0.3 is 15.5 Å². The van der Waals surface area contributed by atoms with Crippen molar-refractivity contribution >= 4 is 28.3 Å². The normalized spacial score (nSPS) is 17.9. The number of nitrogens with zero attached hydrogens (tertiary/aromatic N) is 4. The summed E-state index contributed by atoms with van der Waals surface area (Å²) in [6, 6.07) is -0.275. The summed E-state index contributed by atoms with van der Waals surface area (Å²) < 4.78 is 54.0.